The summed E-state index contributed by atoms with van der Waals surface area (Å²) < 4.78 is 1.50. The van der Waals surface area contributed by atoms with Gasteiger partial charge in [-0.05, 0) is 34.6 Å². The standard InChI is InChI=1S/C26H29N3O3/c1-4-7-27-8-10-28(11-9-27)15-19-5-6-20-16-29(17-21(20)12-19)26(32)23-13-22(18(2)3)24(30)14-25(23)31/h1,5-6,12-14,16-18,30-31H,7-11,15H2,2-3H3. The van der Waals surface area contributed by atoms with E-state index in [0.29, 0.717) is 12.1 Å². The maximum absolute atomic E-state index is 13.1. The number of rotatable bonds is 5. The first-order valence-electron chi connectivity index (χ1n) is 10.9. The molecule has 0 aliphatic carbocycles. The molecule has 0 radical (unpaired) electrons. The van der Waals surface area contributed by atoms with Crippen LogP contribution < -0.4 is 0 Å². The van der Waals surface area contributed by atoms with Crippen molar-refractivity contribution in [3.63, 3.8) is 0 Å². The predicted molar refractivity (Wildman–Crippen MR) is 126 cm³/mol. The number of fused-ring (bicyclic) bond motifs is 1. The van der Waals surface area contributed by atoms with Gasteiger partial charge in [0, 0.05) is 56.6 Å². The van der Waals surface area contributed by atoms with Gasteiger partial charge in [-0.1, -0.05) is 31.9 Å². The second-order valence-electron chi connectivity index (χ2n) is 8.77. The number of hydrogen-bond acceptors (Lipinski definition) is 5. The Balaban J connectivity index is 1.53. The summed E-state index contributed by atoms with van der Waals surface area (Å²) in [7, 11) is 0. The van der Waals surface area contributed by atoms with E-state index in [1.54, 1.807) is 18.5 Å². The van der Waals surface area contributed by atoms with Crippen LogP contribution in [-0.4, -0.2) is 63.2 Å². The molecule has 0 unspecified atom stereocenters. The first kappa shape index (κ1) is 21.9. The zero-order valence-electron chi connectivity index (χ0n) is 18.6. The lowest BCUT2D eigenvalue weighted by molar-refractivity contribution is 0.0958. The molecule has 0 saturated carbocycles. The van der Waals surface area contributed by atoms with Crippen molar-refractivity contribution < 1.29 is 15.0 Å². The number of aromatic hydroxyl groups is 2. The molecule has 6 heteroatoms. The Bertz CT molecular complexity index is 1180. The summed E-state index contributed by atoms with van der Waals surface area (Å²) in [6.45, 7) is 9.35. The first-order chi connectivity index (χ1) is 15.4. The van der Waals surface area contributed by atoms with Gasteiger partial charge in [-0.3, -0.25) is 19.2 Å². The van der Waals surface area contributed by atoms with Crippen LogP contribution in [0.3, 0.4) is 0 Å². The van der Waals surface area contributed by atoms with E-state index in [-0.39, 0.29) is 28.9 Å². The Morgan fingerprint density at radius 2 is 1.69 bits per heavy atom. The third kappa shape index (κ3) is 4.50. The highest BCUT2D eigenvalue weighted by Crippen LogP contribution is 2.33. The number of piperazine rings is 1. The van der Waals surface area contributed by atoms with Gasteiger partial charge in [0.1, 0.15) is 11.5 Å². The summed E-state index contributed by atoms with van der Waals surface area (Å²) in [5, 5.41) is 22.3. The molecule has 1 fully saturated rings. The van der Waals surface area contributed by atoms with Gasteiger partial charge in [-0.25, -0.2) is 0 Å². The fourth-order valence-corrected chi connectivity index (χ4v) is 4.27. The smallest absolute Gasteiger partial charge is 0.265 e. The molecule has 1 aliphatic rings. The largest absolute Gasteiger partial charge is 0.508 e. The van der Waals surface area contributed by atoms with Gasteiger partial charge in [-0.15, -0.1) is 6.42 Å². The van der Waals surface area contributed by atoms with E-state index in [1.807, 2.05) is 19.9 Å². The van der Waals surface area contributed by atoms with E-state index in [9.17, 15) is 15.0 Å². The molecule has 2 heterocycles. The number of carbonyl (C=O) groups excluding carboxylic acids is 1. The van der Waals surface area contributed by atoms with E-state index < -0.39 is 0 Å². The van der Waals surface area contributed by atoms with Gasteiger partial charge >= 0.3 is 0 Å². The zero-order chi connectivity index (χ0) is 22.8. The highest BCUT2D eigenvalue weighted by atomic mass is 16.3. The van der Waals surface area contributed by atoms with Gasteiger partial charge in [0.25, 0.3) is 5.91 Å². The number of phenols is 2. The molecule has 2 aromatic carbocycles. The molecule has 0 amide bonds. The highest BCUT2D eigenvalue weighted by molar-refractivity contribution is 6.01. The van der Waals surface area contributed by atoms with Gasteiger partial charge in [0.2, 0.25) is 0 Å². The van der Waals surface area contributed by atoms with Gasteiger partial charge < -0.3 is 10.2 Å². The number of hydrogen-bond donors (Lipinski definition) is 2. The number of terminal acetylenes is 1. The molecule has 1 aromatic heterocycles. The topological polar surface area (TPSA) is 68.9 Å². The molecule has 1 saturated heterocycles. The van der Waals surface area contributed by atoms with Crippen LogP contribution in [-0.2, 0) is 6.54 Å². The molecule has 6 nitrogen and oxygen atoms in total. The van der Waals surface area contributed by atoms with E-state index >= 15 is 0 Å². The molecule has 166 valence electrons. The molecule has 3 aromatic rings. The summed E-state index contributed by atoms with van der Waals surface area (Å²) in [5.74, 6) is 2.19. The number of phenolic OH excluding ortho intramolecular Hbond substituents is 2. The van der Waals surface area contributed by atoms with E-state index in [1.165, 1.54) is 16.2 Å². The van der Waals surface area contributed by atoms with E-state index in [4.69, 9.17) is 6.42 Å². The van der Waals surface area contributed by atoms with Crippen molar-refractivity contribution in [3.05, 3.63) is 59.4 Å². The average Bonchev–Trinajstić information content (AvgIpc) is 3.18. The Hall–Kier alpha value is -3.27. The third-order valence-corrected chi connectivity index (χ3v) is 6.13. The van der Waals surface area contributed by atoms with E-state index in [0.717, 1.165) is 43.5 Å². The molecular formula is C26H29N3O3. The van der Waals surface area contributed by atoms with Crippen molar-refractivity contribution in [2.45, 2.75) is 26.3 Å². The number of benzene rings is 2. The monoisotopic (exact) mass is 431 g/mol. The molecule has 2 N–H and O–H groups in total. The van der Waals surface area contributed by atoms with Crippen molar-refractivity contribution in [1.82, 2.24) is 14.4 Å². The second-order valence-corrected chi connectivity index (χ2v) is 8.77. The molecular weight excluding hydrogens is 402 g/mol. The SMILES string of the molecule is C#CCN1CCN(Cc2ccc3cn(C(=O)c4cc(C(C)C)c(O)cc4O)cc3c2)CC1. The molecule has 0 spiro atoms. The molecule has 32 heavy (non-hydrogen) atoms. The quantitative estimate of drug-likeness (QED) is 0.604. The summed E-state index contributed by atoms with van der Waals surface area (Å²) >= 11 is 0. The lowest BCUT2D eigenvalue weighted by Gasteiger charge is -2.33. The summed E-state index contributed by atoms with van der Waals surface area (Å²) in [4.78, 5) is 17.8. The minimum atomic E-state index is -0.327. The lowest BCUT2D eigenvalue weighted by Crippen LogP contribution is -2.45. The first-order valence-corrected chi connectivity index (χ1v) is 10.9. The van der Waals surface area contributed by atoms with Crippen LogP contribution in [0.15, 0.2) is 42.7 Å². The third-order valence-electron chi connectivity index (χ3n) is 6.13. The van der Waals surface area contributed by atoms with Gasteiger partial charge in [0.05, 0.1) is 12.1 Å². The second kappa shape index (κ2) is 9.07. The molecule has 0 bridgehead atoms. The summed E-state index contributed by atoms with van der Waals surface area (Å²) in [5.41, 5.74) is 2.01. The number of nitrogens with zero attached hydrogens (tertiary/aromatic N) is 3. The van der Waals surface area contributed by atoms with Crippen LogP contribution >= 0.6 is 0 Å². The van der Waals surface area contributed by atoms with Crippen LogP contribution in [0.4, 0.5) is 0 Å². The average molecular weight is 432 g/mol. The Kier molecular flexibility index (Phi) is 6.22. The van der Waals surface area contributed by atoms with Crippen molar-refractivity contribution in [3.8, 4) is 23.8 Å². The van der Waals surface area contributed by atoms with Crippen LogP contribution in [0, 0.1) is 12.3 Å². The minimum absolute atomic E-state index is 0.00326. The van der Waals surface area contributed by atoms with Crippen molar-refractivity contribution in [1.29, 1.82) is 0 Å². The number of aromatic nitrogens is 1. The van der Waals surface area contributed by atoms with Gasteiger partial charge in [0.15, 0.2) is 0 Å². The maximum Gasteiger partial charge on any atom is 0.265 e. The van der Waals surface area contributed by atoms with Gasteiger partial charge in [-0.2, -0.15) is 0 Å². The summed E-state index contributed by atoms with van der Waals surface area (Å²) in [6, 6.07) is 9.06. The fourth-order valence-electron chi connectivity index (χ4n) is 4.27. The van der Waals surface area contributed by atoms with E-state index in [2.05, 4.69) is 27.9 Å². The summed E-state index contributed by atoms with van der Waals surface area (Å²) in [6.07, 6.45) is 8.99. The Morgan fingerprint density at radius 1 is 1.00 bits per heavy atom. The normalized spacial score (nSPS) is 15.3. The predicted octanol–water partition coefficient (Wildman–Crippen LogP) is 3.62. The van der Waals surface area contributed by atoms with Crippen LogP contribution in [0.5, 0.6) is 11.5 Å². The lowest BCUT2D eigenvalue weighted by atomic mass is 9.98. The van der Waals surface area contributed by atoms with Crippen molar-refractivity contribution in [2.75, 3.05) is 32.7 Å². The zero-order valence-corrected chi connectivity index (χ0v) is 18.6. The fraction of sp³-hybridized carbons (Fsp3) is 0.346. The maximum atomic E-state index is 13.1. The number of carbonyl (C=O) groups is 1. The molecule has 4 rings (SSSR count). The molecule has 0 atom stereocenters. The van der Waals surface area contributed by atoms with Crippen molar-refractivity contribution in [2.24, 2.45) is 0 Å². The van der Waals surface area contributed by atoms with Crippen LogP contribution in [0.2, 0.25) is 0 Å². The van der Waals surface area contributed by atoms with Crippen molar-refractivity contribution >= 4 is 16.7 Å². The van der Waals surface area contributed by atoms with Crippen LogP contribution in [0.25, 0.3) is 10.8 Å². The Morgan fingerprint density at radius 3 is 2.38 bits per heavy atom. The van der Waals surface area contributed by atoms with Crippen LogP contribution in [0.1, 0.15) is 41.3 Å². The Labute approximate surface area is 188 Å². The molecule has 1 aliphatic heterocycles. The minimum Gasteiger partial charge on any atom is -0.508 e. The highest BCUT2D eigenvalue weighted by Gasteiger charge is 2.19.